The zero-order valence-corrected chi connectivity index (χ0v) is 15.1. The van der Waals surface area contributed by atoms with Crippen LogP contribution in [0.1, 0.15) is 32.3 Å². The second-order valence-corrected chi connectivity index (χ2v) is 6.31. The summed E-state index contributed by atoms with van der Waals surface area (Å²) < 4.78 is 10.5. The maximum absolute atomic E-state index is 12.4. The minimum atomic E-state index is -0.577. The minimum absolute atomic E-state index is 0.263. The first-order valence-electron chi connectivity index (χ1n) is 8.19. The Balaban J connectivity index is 2.09. The third kappa shape index (κ3) is 5.09. The van der Waals surface area contributed by atoms with Crippen LogP contribution in [0, 0.1) is 0 Å². The predicted molar refractivity (Wildman–Crippen MR) is 96.2 cm³/mol. The van der Waals surface area contributed by atoms with E-state index in [0.717, 1.165) is 29.5 Å². The molecule has 7 heteroatoms. The number of hydrogen-bond acceptors (Lipinski definition) is 6. The molecule has 0 unspecified atom stereocenters. The fraction of sp³-hybridized carbons (Fsp3) is 0.389. The number of thioether (sulfide) groups is 1. The van der Waals surface area contributed by atoms with Crippen LogP contribution < -0.4 is 4.74 Å². The Hall–Kier alpha value is -2.28. The Kier molecular flexibility index (Phi) is 7.06. The molecule has 0 radical (unpaired) electrons. The number of rotatable bonds is 8. The van der Waals surface area contributed by atoms with E-state index in [4.69, 9.17) is 9.47 Å². The van der Waals surface area contributed by atoms with Crippen LogP contribution in [0.2, 0.25) is 0 Å². The van der Waals surface area contributed by atoms with Gasteiger partial charge in [0, 0.05) is 5.56 Å². The average molecular weight is 363 g/mol. The summed E-state index contributed by atoms with van der Waals surface area (Å²) in [6.45, 7) is 4.28. The lowest BCUT2D eigenvalue weighted by Crippen LogP contribution is -2.34. The number of para-hydroxylation sites is 1. The molecule has 134 valence electrons. The van der Waals surface area contributed by atoms with Gasteiger partial charge in [0.15, 0.2) is 0 Å². The van der Waals surface area contributed by atoms with E-state index in [0.29, 0.717) is 24.5 Å². The molecule has 0 N–H and O–H groups in total. The summed E-state index contributed by atoms with van der Waals surface area (Å²) in [5, 5.41) is -0.474. The van der Waals surface area contributed by atoms with Crippen LogP contribution in [0.4, 0.5) is 4.79 Å². The topological polar surface area (TPSA) is 72.9 Å². The first-order valence-corrected chi connectivity index (χ1v) is 9.01. The maximum atomic E-state index is 12.4. The molecule has 0 atom stereocenters. The summed E-state index contributed by atoms with van der Waals surface area (Å²) in [4.78, 5) is 37.4. The molecule has 1 aromatic carbocycles. The molecule has 2 amide bonds. The van der Waals surface area contributed by atoms with Crippen LogP contribution in [-0.2, 0) is 14.3 Å². The fourth-order valence-corrected chi connectivity index (χ4v) is 3.00. The van der Waals surface area contributed by atoms with Gasteiger partial charge in [-0.1, -0.05) is 31.5 Å². The molecule has 0 bridgehead atoms. The van der Waals surface area contributed by atoms with Crippen molar-refractivity contribution in [3.63, 3.8) is 0 Å². The summed E-state index contributed by atoms with van der Waals surface area (Å²) in [5.41, 5.74) is 0.709. The summed E-state index contributed by atoms with van der Waals surface area (Å²) in [5.74, 6) is -0.434. The third-order valence-corrected chi connectivity index (χ3v) is 4.33. The second kappa shape index (κ2) is 9.27. The number of benzene rings is 1. The van der Waals surface area contributed by atoms with E-state index in [1.807, 2.05) is 26.0 Å². The largest absolute Gasteiger partial charge is 0.493 e. The molecule has 1 aromatic rings. The number of nitrogens with zero attached hydrogens (tertiary/aromatic N) is 1. The first kappa shape index (κ1) is 19.1. The van der Waals surface area contributed by atoms with Gasteiger partial charge in [0.25, 0.3) is 11.1 Å². The van der Waals surface area contributed by atoms with E-state index in [1.165, 1.54) is 0 Å². The number of carbonyl (C=O) groups excluding carboxylic acids is 3. The van der Waals surface area contributed by atoms with Crippen molar-refractivity contribution in [2.24, 2.45) is 0 Å². The van der Waals surface area contributed by atoms with Crippen LogP contribution in [0.15, 0.2) is 29.2 Å². The van der Waals surface area contributed by atoms with Crippen LogP contribution in [0.3, 0.4) is 0 Å². The molecule has 1 aliphatic rings. The quantitative estimate of drug-likeness (QED) is 0.400. The normalized spacial score (nSPS) is 15.8. The molecule has 0 aliphatic carbocycles. The van der Waals surface area contributed by atoms with Gasteiger partial charge in [-0.05, 0) is 37.2 Å². The van der Waals surface area contributed by atoms with E-state index in [2.05, 4.69) is 0 Å². The molecule has 1 fully saturated rings. The molecular weight excluding hydrogens is 342 g/mol. The van der Waals surface area contributed by atoms with E-state index in [-0.39, 0.29) is 11.4 Å². The maximum Gasteiger partial charge on any atom is 0.326 e. The molecule has 1 heterocycles. The van der Waals surface area contributed by atoms with Gasteiger partial charge in [-0.2, -0.15) is 0 Å². The van der Waals surface area contributed by atoms with Gasteiger partial charge in [0.05, 0.1) is 18.1 Å². The van der Waals surface area contributed by atoms with Crippen molar-refractivity contribution in [1.82, 2.24) is 4.90 Å². The number of imide groups is 1. The second-order valence-electron chi connectivity index (χ2n) is 5.31. The summed E-state index contributed by atoms with van der Waals surface area (Å²) in [6.07, 6.45) is 3.26. The number of amides is 2. The molecule has 1 aliphatic heterocycles. The van der Waals surface area contributed by atoms with Gasteiger partial charge in [0.1, 0.15) is 12.3 Å². The highest BCUT2D eigenvalue weighted by molar-refractivity contribution is 8.18. The summed E-state index contributed by atoms with van der Waals surface area (Å²) >= 11 is 0.809. The Bertz CT molecular complexity index is 686. The molecule has 1 saturated heterocycles. The summed E-state index contributed by atoms with van der Waals surface area (Å²) in [6, 6.07) is 7.26. The molecule has 0 aromatic heterocycles. The standard InChI is InChI=1S/C18H21NO5S/c1-3-5-10-24-16(20)12-19-17(21)15(25-18(19)22)11-13-8-6-7-9-14(13)23-4-2/h6-9,11H,3-5,10,12H2,1-2H3/b15-11+. The number of esters is 1. The lowest BCUT2D eigenvalue weighted by atomic mass is 10.2. The van der Waals surface area contributed by atoms with Gasteiger partial charge in [-0.25, -0.2) is 0 Å². The van der Waals surface area contributed by atoms with E-state index >= 15 is 0 Å². The lowest BCUT2D eigenvalue weighted by molar-refractivity contribution is -0.146. The predicted octanol–water partition coefficient (Wildman–Crippen LogP) is 3.46. The summed E-state index contributed by atoms with van der Waals surface area (Å²) in [7, 11) is 0. The van der Waals surface area contributed by atoms with Crippen molar-refractivity contribution in [2.45, 2.75) is 26.7 Å². The van der Waals surface area contributed by atoms with Crippen molar-refractivity contribution < 1.29 is 23.9 Å². The van der Waals surface area contributed by atoms with E-state index in [9.17, 15) is 14.4 Å². The number of ether oxygens (including phenoxy) is 2. The third-order valence-electron chi connectivity index (χ3n) is 3.43. The zero-order chi connectivity index (χ0) is 18.2. The molecule has 6 nitrogen and oxygen atoms in total. The molecule has 0 spiro atoms. The fourth-order valence-electron chi connectivity index (χ4n) is 2.17. The van der Waals surface area contributed by atoms with Gasteiger partial charge in [0.2, 0.25) is 0 Å². The Morgan fingerprint density at radius 1 is 1.24 bits per heavy atom. The van der Waals surface area contributed by atoms with Gasteiger partial charge in [-0.3, -0.25) is 19.3 Å². The van der Waals surface area contributed by atoms with Crippen molar-refractivity contribution in [3.8, 4) is 5.75 Å². The van der Waals surface area contributed by atoms with Crippen molar-refractivity contribution >= 4 is 35.0 Å². The van der Waals surface area contributed by atoms with Crippen LogP contribution in [0.25, 0.3) is 6.08 Å². The highest BCUT2D eigenvalue weighted by Crippen LogP contribution is 2.33. The molecule has 0 saturated carbocycles. The minimum Gasteiger partial charge on any atom is -0.493 e. The van der Waals surface area contributed by atoms with Gasteiger partial charge >= 0.3 is 5.97 Å². The SMILES string of the molecule is CCCCOC(=O)CN1C(=O)S/C(=C/c2ccccc2OCC)C1=O. The van der Waals surface area contributed by atoms with Crippen molar-refractivity contribution in [1.29, 1.82) is 0 Å². The number of unbranched alkanes of at least 4 members (excludes halogenated alkanes) is 1. The zero-order valence-electron chi connectivity index (χ0n) is 14.3. The van der Waals surface area contributed by atoms with Crippen LogP contribution in [-0.4, -0.2) is 41.8 Å². The van der Waals surface area contributed by atoms with Crippen LogP contribution in [0.5, 0.6) is 5.75 Å². The molecule has 25 heavy (non-hydrogen) atoms. The number of carbonyl (C=O) groups is 3. The van der Waals surface area contributed by atoms with Gasteiger partial charge in [-0.15, -0.1) is 0 Å². The van der Waals surface area contributed by atoms with Crippen molar-refractivity contribution in [2.75, 3.05) is 19.8 Å². The molecular formula is C18H21NO5S. The highest BCUT2D eigenvalue weighted by Gasteiger charge is 2.36. The number of hydrogen-bond donors (Lipinski definition) is 0. The molecule has 2 rings (SSSR count). The van der Waals surface area contributed by atoms with Gasteiger partial charge < -0.3 is 9.47 Å². The Morgan fingerprint density at radius 2 is 2.00 bits per heavy atom. The van der Waals surface area contributed by atoms with E-state index < -0.39 is 17.1 Å². The smallest absolute Gasteiger partial charge is 0.326 e. The van der Waals surface area contributed by atoms with Crippen LogP contribution >= 0.6 is 11.8 Å². The van der Waals surface area contributed by atoms with Crippen molar-refractivity contribution in [3.05, 3.63) is 34.7 Å². The Labute approximate surface area is 151 Å². The monoisotopic (exact) mass is 363 g/mol. The first-order chi connectivity index (χ1) is 12.1. The lowest BCUT2D eigenvalue weighted by Gasteiger charge is -2.11. The Morgan fingerprint density at radius 3 is 2.72 bits per heavy atom. The highest BCUT2D eigenvalue weighted by atomic mass is 32.2. The average Bonchev–Trinajstić information content (AvgIpc) is 2.85. The van der Waals surface area contributed by atoms with E-state index in [1.54, 1.807) is 18.2 Å².